The number of hydrogen-bond donors (Lipinski definition) is 0. The van der Waals surface area contributed by atoms with E-state index in [0.29, 0.717) is 49.8 Å². The summed E-state index contributed by atoms with van der Waals surface area (Å²) in [5.74, 6) is 0.568. The molecule has 2 aliphatic rings. The number of amides is 1. The van der Waals surface area contributed by atoms with Crippen LogP contribution in [-0.2, 0) is 14.8 Å². The van der Waals surface area contributed by atoms with Crippen LogP contribution in [0.1, 0.15) is 19.3 Å². The van der Waals surface area contributed by atoms with Crippen LogP contribution in [0.15, 0.2) is 18.5 Å². The van der Waals surface area contributed by atoms with Crippen molar-refractivity contribution in [2.45, 2.75) is 25.4 Å². The van der Waals surface area contributed by atoms with Gasteiger partial charge in [0.2, 0.25) is 15.9 Å². The van der Waals surface area contributed by atoms with E-state index in [1.807, 2.05) is 4.90 Å². The highest BCUT2D eigenvalue weighted by atomic mass is 35.5. The van der Waals surface area contributed by atoms with E-state index in [0.717, 1.165) is 6.42 Å². The Morgan fingerprint density at radius 3 is 2.64 bits per heavy atom. The van der Waals surface area contributed by atoms with Crippen molar-refractivity contribution in [2.24, 2.45) is 5.92 Å². The molecule has 0 spiro atoms. The number of hydrogen-bond acceptors (Lipinski definition) is 5. The van der Waals surface area contributed by atoms with Crippen LogP contribution in [0.25, 0.3) is 0 Å². The second-order valence-electron chi connectivity index (χ2n) is 6.56. The summed E-state index contributed by atoms with van der Waals surface area (Å²) in [5, 5.41) is 0.459. The smallest absolute Gasteiger partial charge is 0.225 e. The lowest BCUT2D eigenvalue weighted by atomic mass is 9.97. The fraction of sp³-hybridized carbons (Fsp3) is 0.625. The number of ether oxygens (including phenoxy) is 1. The van der Waals surface area contributed by atoms with Gasteiger partial charge in [-0.1, -0.05) is 11.6 Å². The Bertz CT molecular complexity index is 735. The normalized spacial score (nSPS) is 23.0. The van der Waals surface area contributed by atoms with Gasteiger partial charge in [0.05, 0.1) is 12.8 Å². The van der Waals surface area contributed by atoms with E-state index >= 15 is 0 Å². The number of sulfonamides is 1. The first-order valence-corrected chi connectivity index (χ1v) is 10.6. The molecule has 1 aromatic heterocycles. The molecule has 2 saturated heterocycles. The molecule has 0 saturated carbocycles. The molecule has 0 aromatic carbocycles. The van der Waals surface area contributed by atoms with Gasteiger partial charge in [0.1, 0.15) is 16.9 Å². The van der Waals surface area contributed by atoms with E-state index in [4.69, 9.17) is 16.3 Å². The Morgan fingerprint density at radius 2 is 2.00 bits per heavy atom. The first-order chi connectivity index (χ1) is 11.8. The molecule has 25 heavy (non-hydrogen) atoms. The topological polar surface area (TPSA) is 79.8 Å². The van der Waals surface area contributed by atoms with Crippen LogP contribution in [0.4, 0.5) is 0 Å². The minimum atomic E-state index is -3.17. The molecule has 7 nitrogen and oxygen atoms in total. The highest BCUT2D eigenvalue weighted by Gasteiger charge is 2.35. The number of carbonyl (C=O) groups is 1. The third kappa shape index (κ3) is 4.43. The maximum absolute atomic E-state index is 12.7. The van der Waals surface area contributed by atoms with Crippen molar-refractivity contribution in [3.63, 3.8) is 0 Å². The third-order valence-electron chi connectivity index (χ3n) is 4.76. The zero-order valence-electron chi connectivity index (χ0n) is 14.1. The lowest BCUT2D eigenvalue weighted by Crippen LogP contribution is -2.43. The van der Waals surface area contributed by atoms with Gasteiger partial charge in [-0.3, -0.25) is 9.78 Å². The molecule has 0 aliphatic carbocycles. The number of piperidine rings is 1. The van der Waals surface area contributed by atoms with Crippen molar-refractivity contribution in [3.8, 4) is 5.75 Å². The van der Waals surface area contributed by atoms with E-state index in [-0.39, 0.29) is 17.9 Å². The first kappa shape index (κ1) is 18.4. The summed E-state index contributed by atoms with van der Waals surface area (Å²) in [7, 11) is -3.17. The predicted molar refractivity (Wildman–Crippen MR) is 94.0 cm³/mol. The van der Waals surface area contributed by atoms with Gasteiger partial charge < -0.3 is 9.64 Å². The van der Waals surface area contributed by atoms with Gasteiger partial charge in [0.25, 0.3) is 0 Å². The quantitative estimate of drug-likeness (QED) is 0.779. The van der Waals surface area contributed by atoms with Crippen LogP contribution in [0.2, 0.25) is 5.02 Å². The fourth-order valence-electron chi connectivity index (χ4n) is 3.35. The Labute approximate surface area is 153 Å². The van der Waals surface area contributed by atoms with Crippen molar-refractivity contribution in [1.82, 2.24) is 14.2 Å². The highest BCUT2D eigenvalue weighted by molar-refractivity contribution is 7.88. The van der Waals surface area contributed by atoms with Gasteiger partial charge in [0, 0.05) is 50.4 Å². The van der Waals surface area contributed by atoms with Gasteiger partial charge >= 0.3 is 0 Å². The number of carbonyl (C=O) groups excluding carboxylic acids is 1. The Hall–Kier alpha value is -1.38. The van der Waals surface area contributed by atoms with E-state index < -0.39 is 10.0 Å². The highest BCUT2D eigenvalue weighted by Crippen LogP contribution is 2.27. The van der Waals surface area contributed by atoms with Crippen LogP contribution in [0.3, 0.4) is 0 Å². The van der Waals surface area contributed by atoms with E-state index in [2.05, 4.69) is 4.98 Å². The zero-order chi connectivity index (χ0) is 18.0. The van der Waals surface area contributed by atoms with E-state index in [1.54, 1.807) is 12.3 Å². The summed E-state index contributed by atoms with van der Waals surface area (Å²) in [5.41, 5.74) is 0. The average molecular weight is 388 g/mol. The summed E-state index contributed by atoms with van der Waals surface area (Å²) in [6.07, 6.45) is 6.18. The monoisotopic (exact) mass is 387 g/mol. The van der Waals surface area contributed by atoms with E-state index in [1.165, 1.54) is 16.8 Å². The van der Waals surface area contributed by atoms with Gasteiger partial charge in [-0.05, 0) is 12.8 Å². The second kappa shape index (κ2) is 7.47. The van der Waals surface area contributed by atoms with Crippen LogP contribution >= 0.6 is 11.6 Å². The summed E-state index contributed by atoms with van der Waals surface area (Å²) < 4.78 is 30.4. The zero-order valence-corrected chi connectivity index (χ0v) is 15.7. The van der Waals surface area contributed by atoms with Crippen molar-refractivity contribution in [1.29, 1.82) is 0 Å². The fourth-order valence-corrected chi connectivity index (χ4v) is 4.39. The maximum Gasteiger partial charge on any atom is 0.225 e. The second-order valence-corrected chi connectivity index (χ2v) is 8.94. The molecule has 3 rings (SSSR count). The van der Waals surface area contributed by atoms with Crippen molar-refractivity contribution in [3.05, 3.63) is 23.5 Å². The summed E-state index contributed by atoms with van der Waals surface area (Å²) >= 11 is 6.05. The number of likely N-dealkylation sites (tertiary alicyclic amines) is 1. The van der Waals surface area contributed by atoms with Crippen LogP contribution in [-0.4, -0.2) is 67.1 Å². The standard InChI is InChI=1S/C16H22ClN3O4S/c1-25(22,23)20-8-3-12(4-9-20)16(21)19-7-5-13(11-19)24-15-2-6-18-10-14(15)17/h2,6,10,12-13H,3-5,7-9,11H2,1H3. The molecule has 1 atom stereocenters. The lowest BCUT2D eigenvalue weighted by Gasteiger charge is -2.31. The number of pyridine rings is 1. The molecular formula is C16H22ClN3O4S. The summed E-state index contributed by atoms with van der Waals surface area (Å²) in [6, 6.07) is 1.72. The molecular weight excluding hydrogens is 366 g/mol. The molecule has 0 radical (unpaired) electrons. The van der Waals surface area contributed by atoms with Gasteiger partial charge in [-0.15, -0.1) is 0 Å². The Morgan fingerprint density at radius 1 is 1.28 bits per heavy atom. The average Bonchev–Trinajstić information content (AvgIpc) is 3.04. The molecule has 3 heterocycles. The molecule has 0 N–H and O–H groups in total. The molecule has 1 amide bonds. The van der Waals surface area contributed by atoms with Crippen LogP contribution < -0.4 is 4.74 Å². The largest absolute Gasteiger partial charge is 0.487 e. The molecule has 1 unspecified atom stereocenters. The number of nitrogens with zero attached hydrogens (tertiary/aromatic N) is 3. The Balaban J connectivity index is 1.52. The maximum atomic E-state index is 12.7. The molecule has 0 bridgehead atoms. The molecule has 138 valence electrons. The third-order valence-corrected chi connectivity index (χ3v) is 6.34. The summed E-state index contributed by atoms with van der Waals surface area (Å²) in [6.45, 7) is 2.01. The van der Waals surface area contributed by atoms with Crippen LogP contribution in [0.5, 0.6) is 5.75 Å². The van der Waals surface area contributed by atoms with Crippen molar-refractivity contribution >= 4 is 27.5 Å². The minimum absolute atomic E-state index is 0.0834. The van der Waals surface area contributed by atoms with E-state index in [9.17, 15) is 13.2 Å². The molecule has 9 heteroatoms. The van der Waals surface area contributed by atoms with Gasteiger partial charge in [0.15, 0.2) is 0 Å². The van der Waals surface area contributed by atoms with Gasteiger partial charge in [-0.2, -0.15) is 0 Å². The minimum Gasteiger partial charge on any atom is -0.487 e. The van der Waals surface area contributed by atoms with Gasteiger partial charge in [-0.25, -0.2) is 12.7 Å². The molecule has 2 aliphatic heterocycles. The summed E-state index contributed by atoms with van der Waals surface area (Å²) in [4.78, 5) is 18.4. The van der Waals surface area contributed by atoms with Crippen molar-refractivity contribution in [2.75, 3.05) is 32.4 Å². The predicted octanol–water partition coefficient (Wildman–Crippen LogP) is 1.39. The number of halogens is 1. The lowest BCUT2D eigenvalue weighted by molar-refractivity contribution is -0.135. The first-order valence-electron chi connectivity index (χ1n) is 8.34. The molecule has 1 aromatic rings. The van der Waals surface area contributed by atoms with Crippen LogP contribution in [0, 0.1) is 5.92 Å². The van der Waals surface area contributed by atoms with Crippen molar-refractivity contribution < 1.29 is 17.9 Å². The Kier molecular flexibility index (Phi) is 5.50. The SMILES string of the molecule is CS(=O)(=O)N1CCC(C(=O)N2CCC(Oc3ccncc3Cl)C2)CC1. The number of aromatic nitrogens is 1. The molecule has 2 fully saturated rings. The number of rotatable bonds is 4.